The summed E-state index contributed by atoms with van der Waals surface area (Å²) in [5.74, 6) is 0.427. The summed E-state index contributed by atoms with van der Waals surface area (Å²) in [5.41, 5.74) is 1.37. The Morgan fingerprint density at radius 3 is 2.67 bits per heavy atom. The Bertz CT molecular complexity index is 1460. The highest BCUT2D eigenvalue weighted by Gasteiger charge is 2.43. The maximum Gasteiger partial charge on any atom is 0.433 e. The first-order valence-electron chi connectivity index (χ1n) is 11.2. The van der Waals surface area contributed by atoms with Gasteiger partial charge in [0.25, 0.3) is 5.91 Å². The highest BCUT2D eigenvalue weighted by atomic mass is 19.4. The van der Waals surface area contributed by atoms with Crippen LogP contribution in [0.5, 0.6) is 0 Å². The minimum atomic E-state index is -4.65. The standard InChI is InChI=1S/C24H20F3N7O2/c1-34-12-30-33-20(34)7-23(10-36-11-23)15-2-3-16-17(6-15)22(35)32-21(16)18-4-13(14-8-28-29-9-14)5-19(31-18)24(25,26)27/h2-6,8-9,12,21H,7,10-11H2,1H3,(H,28,29)(H,32,35). The number of ether oxygens (including phenoxy) is 1. The topological polar surface area (TPSA) is 111 Å². The van der Waals surface area contributed by atoms with Crippen molar-refractivity contribution in [3.05, 3.63) is 83.0 Å². The van der Waals surface area contributed by atoms with Crippen LogP contribution in [0.2, 0.25) is 0 Å². The fraction of sp³-hybridized carbons (Fsp3) is 0.292. The summed E-state index contributed by atoms with van der Waals surface area (Å²) >= 11 is 0. The lowest BCUT2D eigenvalue weighted by Crippen LogP contribution is -2.49. The number of H-pyrrole nitrogens is 1. The molecule has 36 heavy (non-hydrogen) atoms. The van der Waals surface area contributed by atoms with E-state index in [2.05, 4.69) is 30.7 Å². The number of pyridine rings is 1. The van der Waals surface area contributed by atoms with Crippen molar-refractivity contribution >= 4 is 5.91 Å². The molecular weight excluding hydrogens is 475 g/mol. The van der Waals surface area contributed by atoms with Crippen LogP contribution in [-0.2, 0) is 29.8 Å². The molecule has 184 valence electrons. The number of fused-ring (bicyclic) bond motifs is 1. The van der Waals surface area contributed by atoms with Crippen LogP contribution in [0.15, 0.2) is 49.1 Å². The first-order valence-corrected chi connectivity index (χ1v) is 11.2. The predicted molar refractivity (Wildman–Crippen MR) is 120 cm³/mol. The number of alkyl halides is 3. The maximum absolute atomic E-state index is 13.7. The van der Waals surface area contributed by atoms with Crippen molar-refractivity contribution in [1.82, 2.24) is 35.3 Å². The summed E-state index contributed by atoms with van der Waals surface area (Å²) in [5, 5.41) is 17.4. The van der Waals surface area contributed by atoms with Gasteiger partial charge in [-0.1, -0.05) is 12.1 Å². The highest BCUT2D eigenvalue weighted by Crippen LogP contribution is 2.40. The molecule has 2 aliphatic heterocycles. The summed E-state index contributed by atoms with van der Waals surface area (Å²) in [4.78, 5) is 16.8. The van der Waals surface area contributed by atoms with E-state index in [-0.39, 0.29) is 17.0 Å². The molecule has 2 aliphatic rings. The van der Waals surface area contributed by atoms with Gasteiger partial charge in [-0.05, 0) is 34.9 Å². The molecule has 1 amide bonds. The number of halogens is 3. The minimum Gasteiger partial charge on any atom is -0.379 e. The average Bonchev–Trinajstić information content (AvgIpc) is 3.57. The molecule has 0 bridgehead atoms. The average molecular weight is 495 g/mol. The zero-order valence-electron chi connectivity index (χ0n) is 19.0. The van der Waals surface area contributed by atoms with Crippen molar-refractivity contribution in [2.45, 2.75) is 24.1 Å². The number of aryl methyl sites for hydroxylation is 1. The Morgan fingerprint density at radius 2 is 2.03 bits per heavy atom. The van der Waals surface area contributed by atoms with Gasteiger partial charge in [-0.2, -0.15) is 18.3 Å². The van der Waals surface area contributed by atoms with Gasteiger partial charge in [0.1, 0.15) is 17.8 Å². The van der Waals surface area contributed by atoms with Gasteiger partial charge in [0.15, 0.2) is 0 Å². The fourth-order valence-corrected chi connectivity index (χ4v) is 4.76. The molecule has 5 heterocycles. The van der Waals surface area contributed by atoms with Gasteiger partial charge in [0.05, 0.1) is 31.1 Å². The quantitative estimate of drug-likeness (QED) is 0.441. The van der Waals surface area contributed by atoms with Crippen molar-refractivity contribution in [2.24, 2.45) is 7.05 Å². The Kier molecular flexibility index (Phi) is 4.97. The fourth-order valence-electron chi connectivity index (χ4n) is 4.76. The monoisotopic (exact) mass is 495 g/mol. The van der Waals surface area contributed by atoms with Crippen LogP contribution in [0.25, 0.3) is 11.1 Å². The van der Waals surface area contributed by atoms with Gasteiger partial charge >= 0.3 is 6.18 Å². The van der Waals surface area contributed by atoms with Gasteiger partial charge in [0, 0.05) is 36.2 Å². The molecule has 0 spiro atoms. The SMILES string of the molecule is Cn1cnnc1CC1(c2ccc3c(c2)C(=O)NC3c2cc(-c3cn[nH]c3)cc(C(F)(F)F)n2)COC1. The zero-order valence-corrected chi connectivity index (χ0v) is 19.0. The molecule has 0 aliphatic carbocycles. The van der Waals surface area contributed by atoms with Crippen LogP contribution in [0.3, 0.4) is 0 Å². The van der Waals surface area contributed by atoms with E-state index in [1.807, 2.05) is 17.7 Å². The minimum absolute atomic E-state index is 0.0988. The molecule has 1 fully saturated rings. The van der Waals surface area contributed by atoms with E-state index in [1.54, 1.807) is 24.5 Å². The number of amides is 1. The van der Waals surface area contributed by atoms with Crippen molar-refractivity contribution < 1.29 is 22.7 Å². The van der Waals surface area contributed by atoms with E-state index in [0.717, 1.165) is 17.5 Å². The second-order valence-corrected chi connectivity index (χ2v) is 9.17. The molecule has 12 heteroatoms. The van der Waals surface area contributed by atoms with Gasteiger partial charge < -0.3 is 14.6 Å². The normalized spacial score (nSPS) is 18.6. The number of hydrogen-bond donors (Lipinski definition) is 2. The lowest BCUT2D eigenvalue weighted by atomic mass is 9.74. The molecule has 6 rings (SSSR count). The van der Waals surface area contributed by atoms with E-state index in [9.17, 15) is 18.0 Å². The van der Waals surface area contributed by atoms with Gasteiger partial charge in [-0.15, -0.1) is 10.2 Å². The third-order valence-corrected chi connectivity index (χ3v) is 6.82. The second kappa shape index (κ2) is 7.98. The first kappa shape index (κ1) is 22.4. The van der Waals surface area contributed by atoms with Crippen LogP contribution in [0, 0.1) is 0 Å². The number of carbonyl (C=O) groups is 1. The van der Waals surface area contributed by atoms with E-state index < -0.39 is 17.9 Å². The number of aromatic nitrogens is 6. The number of aromatic amines is 1. The Hall–Kier alpha value is -4.06. The third-order valence-electron chi connectivity index (χ3n) is 6.82. The predicted octanol–water partition coefficient (Wildman–Crippen LogP) is 2.96. The largest absolute Gasteiger partial charge is 0.433 e. The maximum atomic E-state index is 13.7. The molecule has 9 nitrogen and oxygen atoms in total. The molecule has 0 radical (unpaired) electrons. The van der Waals surface area contributed by atoms with Crippen molar-refractivity contribution in [1.29, 1.82) is 0 Å². The van der Waals surface area contributed by atoms with Gasteiger partial charge in [-0.25, -0.2) is 4.98 Å². The van der Waals surface area contributed by atoms with Crippen LogP contribution >= 0.6 is 0 Å². The summed E-state index contributed by atoms with van der Waals surface area (Å²) in [6, 6.07) is 7.18. The molecule has 2 N–H and O–H groups in total. The molecule has 0 saturated carbocycles. The number of benzene rings is 1. The van der Waals surface area contributed by atoms with Gasteiger partial charge in [-0.3, -0.25) is 9.89 Å². The summed E-state index contributed by atoms with van der Waals surface area (Å²) < 4.78 is 48.4. The van der Waals surface area contributed by atoms with E-state index in [1.165, 1.54) is 12.4 Å². The zero-order chi connectivity index (χ0) is 25.1. The van der Waals surface area contributed by atoms with Crippen molar-refractivity contribution in [2.75, 3.05) is 13.2 Å². The number of hydrogen-bond acceptors (Lipinski definition) is 6. The smallest absolute Gasteiger partial charge is 0.379 e. The van der Waals surface area contributed by atoms with Crippen molar-refractivity contribution in [3.63, 3.8) is 0 Å². The second-order valence-electron chi connectivity index (χ2n) is 9.17. The molecule has 1 aromatic carbocycles. The Morgan fingerprint density at radius 1 is 1.19 bits per heavy atom. The number of nitrogens with zero attached hydrogens (tertiary/aromatic N) is 5. The van der Waals surface area contributed by atoms with Gasteiger partial charge in [0.2, 0.25) is 0 Å². The van der Waals surface area contributed by atoms with E-state index in [0.29, 0.717) is 41.9 Å². The third kappa shape index (κ3) is 3.65. The van der Waals surface area contributed by atoms with E-state index in [4.69, 9.17) is 4.74 Å². The van der Waals surface area contributed by atoms with Crippen LogP contribution in [0.1, 0.15) is 44.7 Å². The van der Waals surface area contributed by atoms with Crippen LogP contribution in [-0.4, -0.2) is 49.1 Å². The molecule has 1 atom stereocenters. The lowest BCUT2D eigenvalue weighted by molar-refractivity contribution is -0.141. The van der Waals surface area contributed by atoms with Crippen molar-refractivity contribution in [3.8, 4) is 11.1 Å². The molecule has 1 unspecified atom stereocenters. The summed E-state index contributed by atoms with van der Waals surface area (Å²) in [7, 11) is 1.86. The summed E-state index contributed by atoms with van der Waals surface area (Å²) in [6.45, 7) is 0.930. The highest BCUT2D eigenvalue weighted by molar-refractivity contribution is 6.00. The Labute approximate surface area is 202 Å². The van der Waals surface area contributed by atoms with E-state index >= 15 is 0 Å². The van der Waals surface area contributed by atoms with Crippen LogP contribution < -0.4 is 5.32 Å². The number of rotatable bonds is 5. The van der Waals surface area contributed by atoms with Crippen LogP contribution in [0.4, 0.5) is 13.2 Å². The number of carbonyl (C=O) groups excluding carboxylic acids is 1. The number of nitrogens with one attached hydrogen (secondary N) is 2. The molecular formula is C24H20F3N7O2. The lowest BCUT2D eigenvalue weighted by Gasteiger charge is -2.42. The molecule has 3 aromatic heterocycles. The Balaban J connectivity index is 1.39. The molecule has 1 saturated heterocycles. The summed E-state index contributed by atoms with van der Waals surface area (Å²) in [6.07, 6.45) is 0.494. The first-order chi connectivity index (χ1) is 17.2. The molecule has 4 aromatic rings.